The van der Waals surface area contributed by atoms with Gasteiger partial charge in [-0.25, -0.2) is 0 Å². The lowest BCUT2D eigenvalue weighted by Crippen LogP contribution is -2.50. The molecular formula is C22H40N4O. The van der Waals surface area contributed by atoms with Crippen LogP contribution in [0.1, 0.15) is 79.1 Å². The zero-order valence-electron chi connectivity index (χ0n) is 18.0. The van der Waals surface area contributed by atoms with Gasteiger partial charge in [0, 0.05) is 0 Å². The predicted octanol–water partition coefficient (Wildman–Crippen LogP) is 5.78. The molecule has 0 saturated carbocycles. The van der Waals surface area contributed by atoms with Crippen molar-refractivity contribution < 1.29 is 4.48 Å². The Morgan fingerprint density at radius 1 is 0.778 bits per heavy atom. The maximum atomic E-state index is 10.7. The van der Waals surface area contributed by atoms with Gasteiger partial charge in [-0.3, -0.25) is 4.85 Å². The fourth-order valence-corrected chi connectivity index (χ4v) is 3.49. The van der Waals surface area contributed by atoms with Crippen molar-refractivity contribution in [3.05, 3.63) is 29.5 Å². The van der Waals surface area contributed by atoms with Crippen molar-refractivity contribution in [1.82, 2.24) is 15.2 Å². The minimum absolute atomic E-state index is 0.509. The second-order valence-electron chi connectivity index (χ2n) is 7.60. The lowest BCUT2D eigenvalue weighted by Gasteiger charge is -2.39. The van der Waals surface area contributed by atoms with E-state index in [4.69, 9.17) is 0 Å². The van der Waals surface area contributed by atoms with Crippen molar-refractivity contribution >= 4 is 11.0 Å². The number of para-hydroxylation sites is 1. The Morgan fingerprint density at radius 2 is 1.22 bits per heavy atom. The van der Waals surface area contributed by atoms with Gasteiger partial charge in [0.05, 0.1) is 31.7 Å². The van der Waals surface area contributed by atoms with E-state index in [0.717, 1.165) is 0 Å². The number of rotatable bonds is 12. The second-order valence-corrected chi connectivity index (χ2v) is 7.60. The SMILES string of the molecule is CCCC[N+](CCCC)(CCCC)CCCC.[O-]n1nnc2ccccc21. The molecule has 154 valence electrons. The molecule has 0 unspecified atom stereocenters. The minimum Gasteiger partial charge on any atom is -0.789 e. The van der Waals surface area contributed by atoms with E-state index in [1.807, 2.05) is 6.07 Å². The molecule has 0 aliphatic rings. The summed E-state index contributed by atoms with van der Waals surface area (Å²) in [5.41, 5.74) is 1.15. The van der Waals surface area contributed by atoms with Crippen LogP contribution in [0.5, 0.6) is 0 Å². The first kappa shape index (κ1) is 23.4. The summed E-state index contributed by atoms with van der Waals surface area (Å²) in [4.78, 5) is 0.509. The fraction of sp³-hybridized carbons (Fsp3) is 0.727. The molecule has 5 nitrogen and oxygen atoms in total. The number of benzene rings is 1. The molecule has 1 aromatic heterocycles. The van der Waals surface area contributed by atoms with Crippen molar-refractivity contribution in [2.24, 2.45) is 0 Å². The van der Waals surface area contributed by atoms with Crippen molar-refractivity contribution in [3.63, 3.8) is 0 Å². The number of hydrogen-bond donors (Lipinski definition) is 0. The van der Waals surface area contributed by atoms with Crippen molar-refractivity contribution in [1.29, 1.82) is 0 Å². The van der Waals surface area contributed by atoms with Crippen molar-refractivity contribution in [3.8, 4) is 0 Å². The quantitative estimate of drug-likeness (QED) is 0.441. The van der Waals surface area contributed by atoms with Crippen LogP contribution in [0.25, 0.3) is 11.0 Å². The van der Waals surface area contributed by atoms with Crippen LogP contribution in [0.4, 0.5) is 0 Å². The zero-order chi connectivity index (χ0) is 20.0. The molecule has 0 saturated heterocycles. The van der Waals surface area contributed by atoms with Crippen molar-refractivity contribution in [2.45, 2.75) is 79.1 Å². The Bertz CT molecular complexity index is 574. The summed E-state index contributed by atoms with van der Waals surface area (Å²) < 4.78 is 1.42. The number of quaternary nitrogens is 1. The van der Waals surface area contributed by atoms with Gasteiger partial charge in [-0.15, -0.1) is 5.10 Å². The van der Waals surface area contributed by atoms with E-state index < -0.39 is 0 Å². The highest BCUT2D eigenvalue weighted by Gasteiger charge is 2.24. The van der Waals surface area contributed by atoms with Crippen LogP contribution in [-0.2, 0) is 0 Å². The first-order chi connectivity index (χ1) is 13.1. The van der Waals surface area contributed by atoms with Crippen LogP contribution in [0.3, 0.4) is 0 Å². The number of aromatic nitrogens is 3. The first-order valence-corrected chi connectivity index (χ1v) is 11.0. The van der Waals surface area contributed by atoms with E-state index >= 15 is 0 Å². The average Bonchev–Trinajstić information content (AvgIpc) is 3.09. The van der Waals surface area contributed by atoms with Crippen LogP contribution in [-0.4, -0.2) is 45.8 Å². The van der Waals surface area contributed by atoms with Gasteiger partial charge in [0.15, 0.2) is 0 Å². The molecule has 0 aliphatic heterocycles. The van der Waals surface area contributed by atoms with E-state index in [0.29, 0.717) is 15.9 Å². The summed E-state index contributed by atoms with van der Waals surface area (Å²) in [6.45, 7) is 15.0. The molecule has 0 fully saturated rings. The number of unbranched alkanes of at least 4 members (excludes halogenated alkanes) is 4. The third-order valence-corrected chi connectivity index (χ3v) is 5.27. The van der Waals surface area contributed by atoms with Crippen LogP contribution in [0, 0.1) is 5.21 Å². The Hall–Kier alpha value is -1.62. The van der Waals surface area contributed by atoms with Gasteiger partial charge < -0.3 is 9.69 Å². The monoisotopic (exact) mass is 376 g/mol. The van der Waals surface area contributed by atoms with Crippen molar-refractivity contribution in [2.75, 3.05) is 26.2 Å². The topological polar surface area (TPSA) is 53.8 Å². The van der Waals surface area contributed by atoms with Gasteiger partial charge >= 0.3 is 0 Å². The minimum atomic E-state index is 0.509. The number of nitrogens with zero attached hydrogens (tertiary/aromatic N) is 4. The van der Waals surface area contributed by atoms with Gasteiger partial charge in [0.1, 0.15) is 5.52 Å². The number of hydrogen-bond acceptors (Lipinski definition) is 3. The molecule has 1 heterocycles. The predicted molar refractivity (Wildman–Crippen MR) is 116 cm³/mol. The van der Waals surface area contributed by atoms with Crippen LogP contribution >= 0.6 is 0 Å². The molecule has 0 spiro atoms. The van der Waals surface area contributed by atoms with Gasteiger partial charge in [-0.2, -0.15) is 0 Å². The molecular weight excluding hydrogens is 336 g/mol. The Balaban J connectivity index is 0.000000303. The molecule has 0 aliphatic carbocycles. The Labute approximate surface area is 165 Å². The maximum Gasteiger partial charge on any atom is 0.112 e. The van der Waals surface area contributed by atoms with E-state index in [1.165, 1.54) is 82.0 Å². The molecule has 27 heavy (non-hydrogen) atoms. The number of fused-ring (bicyclic) bond motifs is 1. The third-order valence-electron chi connectivity index (χ3n) is 5.27. The standard InChI is InChI=1S/C16H36N.C6H4N3O/c1-5-9-13-17(14-10-6-2,15-11-7-3)16-12-8-4;10-9-6-4-2-1-3-5(6)7-8-9/h5-16H2,1-4H3;1-4H/q+1;-1. The van der Waals surface area contributed by atoms with E-state index in [2.05, 4.69) is 38.0 Å². The third kappa shape index (κ3) is 8.29. The summed E-state index contributed by atoms with van der Waals surface area (Å²) in [5.74, 6) is 0. The molecule has 2 rings (SSSR count). The summed E-state index contributed by atoms with van der Waals surface area (Å²) in [5, 5.41) is 17.6. The lowest BCUT2D eigenvalue weighted by molar-refractivity contribution is -0.929. The summed E-state index contributed by atoms with van der Waals surface area (Å²) in [6, 6.07) is 7.02. The molecule has 0 atom stereocenters. The highest BCUT2D eigenvalue weighted by atomic mass is 16.5. The van der Waals surface area contributed by atoms with Gasteiger partial charge in [-0.1, -0.05) is 70.7 Å². The summed E-state index contributed by atoms with van der Waals surface area (Å²) in [7, 11) is 0. The smallest absolute Gasteiger partial charge is 0.112 e. The highest BCUT2D eigenvalue weighted by molar-refractivity contribution is 5.73. The Morgan fingerprint density at radius 3 is 1.63 bits per heavy atom. The van der Waals surface area contributed by atoms with Gasteiger partial charge in [0.2, 0.25) is 0 Å². The van der Waals surface area contributed by atoms with E-state index in [-0.39, 0.29) is 0 Å². The molecule has 5 heteroatoms. The van der Waals surface area contributed by atoms with Crippen LogP contribution < -0.4 is 0 Å². The van der Waals surface area contributed by atoms with Gasteiger partial charge in [-0.05, 0) is 37.8 Å². The van der Waals surface area contributed by atoms with Gasteiger partial charge in [0.25, 0.3) is 0 Å². The fourth-order valence-electron chi connectivity index (χ4n) is 3.49. The zero-order valence-corrected chi connectivity index (χ0v) is 18.0. The summed E-state index contributed by atoms with van der Waals surface area (Å²) in [6.07, 6.45) is 11.1. The molecule has 2 aromatic rings. The largest absolute Gasteiger partial charge is 0.789 e. The first-order valence-electron chi connectivity index (χ1n) is 11.0. The second kappa shape index (κ2) is 13.5. The van der Waals surface area contributed by atoms with E-state index in [9.17, 15) is 5.21 Å². The molecule has 0 amide bonds. The van der Waals surface area contributed by atoms with E-state index in [1.54, 1.807) is 18.2 Å². The van der Waals surface area contributed by atoms with Crippen LogP contribution in [0.15, 0.2) is 24.3 Å². The molecule has 0 N–H and O–H groups in total. The molecule has 0 radical (unpaired) electrons. The van der Waals surface area contributed by atoms with Crippen LogP contribution in [0.2, 0.25) is 0 Å². The maximum absolute atomic E-state index is 10.7. The normalized spacial score (nSPS) is 11.4. The average molecular weight is 377 g/mol. The highest BCUT2D eigenvalue weighted by Crippen LogP contribution is 2.16. The molecule has 1 aromatic carbocycles. The molecule has 0 bridgehead atoms. The lowest BCUT2D eigenvalue weighted by atomic mass is 10.1. The Kier molecular flexibility index (Phi) is 11.7. The summed E-state index contributed by atoms with van der Waals surface area (Å²) >= 11 is 0.